The molecule has 2 saturated heterocycles. The number of nitrogens with zero attached hydrogens (tertiary/aromatic N) is 1. The molecule has 2 aromatic carbocycles. The zero-order valence-electron chi connectivity index (χ0n) is 17.0. The molecule has 6 nitrogen and oxygen atoms in total. The van der Waals surface area contributed by atoms with Gasteiger partial charge in [-0.3, -0.25) is 9.59 Å². The number of fused-ring (bicyclic) bond motifs is 1. The molecule has 2 fully saturated rings. The van der Waals surface area contributed by atoms with E-state index in [2.05, 4.69) is 0 Å². The summed E-state index contributed by atoms with van der Waals surface area (Å²) >= 11 is 12.0. The van der Waals surface area contributed by atoms with Crippen LogP contribution >= 0.6 is 23.2 Å². The summed E-state index contributed by atoms with van der Waals surface area (Å²) in [5, 5.41) is 0.867. The predicted molar refractivity (Wildman–Crippen MR) is 117 cm³/mol. The van der Waals surface area contributed by atoms with Gasteiger partial charge in [0, 0.05) is 22.5 Å². The second kappa shape index (κ2) is 7.80. The quantitative estimate of drug-likeness (QED) is 0.583. The molecule has 0 aromatic heterocycles. The summed E-state index contributed by atoms with van der Waals surface area (Å²) in [6, 6.07) is 10.8. The van der Waals surface area contributed by atoms with Crippen molar-refractivity contribution in [2.45, 2.75) is 42.6 Å². The van der Waals surface area contributed by atoms with Crippen LogP contribution in [0.5, 0.6) is 5.75 Å². The standard InChI is InChI=1S/C22H21Cl2NO5S/c1-13(2)30-19-8-5-17(24)10-14(19)9-15-12-25-20(26)11-22(25,21(15)27)31(28,29)18-6-3-16(23)4-7-18/h3-8,10,13,15H,9,11-12H2,1-2H3. The smallest absolute Gasteiger partial charge is 0.228 e. The highest BCUT2D eigenvalue weighted by molar-refractivity contribution is 7.93. The fourth-order valence-corrected chi connectivity index (χ4v) is 6.69. The molecule has 9 heteroatoms. The van der Waals surface area contributed by atoms with Gasteiger partial charge >= 0.3 is 0 Å². The molecule has 4 rings (SSSR count). The monoisotopic (exact) mass is 481 g/mol. The van der Waals surface area contributed by atoms with E-state index in [9.17, 15) is 18.0 Å². The highest BCUT2D eigenvalue weighted by Gasteiger charge is 2.70. The molecule has 0 aliphatic carbocycles. The molecule has 31 heavy (non-hydrogen) atoms. The number of halogens is 2. The number of benzene rings is 2. The number of β-lactam (4-membered cyclic amide) rings is 1. The molecule has 0 bridgehead atoms. The van der Waals surface area contributed by atoms with Crippen molar-refractivity contribution in [2.24, 2.45) is 5.92 Å². The number of ketones is 1. The minimum Gasteiger partial charge on any atom is -0.491 e. The van der Waals surface area contributed by atoms with Crippen LogP contribution in [-0.2, 0) is 25.8 Å². The summed E-state index contributed by atoms with van der Waals surface area (Å²) in [7, 11) is -4.12. The van der Waals surface area contributed by atoms with Crippen LogP contribution in [-0.4, -0.2) is 42.5 Å². The number of Topliss-reactive ketones (excluding diaryl/α,β-unsaturated/α-hetero) is 1. The second-order valence-corrected chi connectivity index (χ2v) is 11.1. The molecular formula is C22H21Cl2NO5S. The molecule has 2 unspecified atom stereocenters. The van der Waals surface area contributed by atoms with Crippen molar-refractivity contribution in [2.75, 3.05) is 6.54 Å². The Hall–Kier alpha value is -2.09. The van der Waals surface area contributed by atoms with Crippen LogP contribution < -0.4 is 4.74 Å². The first-order chi connectivity index (χ1) is 14.6. The molecule has 2 aliphatic heterocycles. The van der Waals surface area contributed by atoms with E-state index >= 15 is 0 Å². The number of hydrogen-bond donors (Lipinski definition) is 0. The lowest BCUT2D eigenvalue weighted by molar-refractivity contribution is -0.150. The maximum Gasteiger partial charge on any atom is 0.228 e. The third-order valence-electron chi connectivity index (χ3n) is 5.71. The molecule has 164 valence electrons. The Kier molecular flexibility index (Phi) is 5.56. The Bertz CT molecular complexity index is 1160. The first-order valence-electron chi connectivity index (χ1n) is 9.86. The van der Waals surface area contributed by atoms with Gasteiger partial charge in [-0.25, -0.2) is 8.42 Å². The van der Waals surface area contributed by atoms with E-state index in [-0.39, 0.29) is 36.3 Å². The minimum absolute atomic E-state index is 0.0324. The molecule has 0 saturated carbocycles. The Morgan fingerprint density at radius 3 is 2.35 bits per heavy atom. The number of hydrogen-bond acceptors (Lipinski definition) is 5. The van der Waals surface area contributed by atoms with Gasteiger partial charge in [0.25, 0.3) is 0 Å². The van der Waals surface area contributed by atoms with E-state index in [0.717, 1.165) is 0 Å². The lowest BCUT2D eigenvalue weighted by Crippen LogP contribution is -2.67. The molecule has 0 N–H and O–H groups in total. The largest absolute Gasteiger partial charge is 0.491 e. The average molecular weight is 482 g/mol. The van der Waals surface area contributed by atoms with Gasteiger partial charge in [-0.05, 0) is 68.3 Å². The van der Waals surface area contributed by atoms with Crippen LogP contribution in [0.4, 0.5) is 0 Å². The lowest BCUT2D eigenvalue weighted by atomic mass is 9.92. The van der Waals surface area contributed by atoms with Crippen molar-refractivity contribution in [1.29, 1.82) is 0 Å². The van der Waals surface area contributed by atoms with Gasteiger partial charge in [0.05, 0.1) is 17.4 Å². The molecule has 2 aromatic rings. The normalized spacial score (nSPS) is 23.1. The van der Waals surface area contributed by atoms with Crippen molar-refractivity contribution in [1.82, 2.24) is 4.90 Å². The maximum atomic E-state index is 13.5. The third kappa shape index (κ3) is 3.52. The summed E-state index contributed by atoms with van der Waals surface area (Å²) in [5.74, 6) is -0.917. The zero-order valence-corrected chi connectivity index (χ0v) is 19.3. The van der Waals surface area contributed by atoms with Gasteiger partial charge in [-0.2, -0.15) is 0 Å². The first kappa shape index (κ1) is 22.1. The fraction of sp³-hybridized carbons (Fsp3) is 0.364. The van der Waals surface area contributed by atoms with Crippen molar-refractivity contribution < 1.29 is 22.7 Å². The summed E-state index contributed by atoms with van der Waals surface area (Å²) in [4.78, 5) is 25.1. The van der Waals surface area contributed by atoms with Crippen LogP contribution in [0.2, 0.25) is 10.0 Å². The fourth-order valence-electron chi connectivity index (χ4n) is 4.28. The average Bonchev–Trinajstić information content (AvgIpc) is 2.92. The highest BCUT2D eigenvalue weighted by atomic mass is 35.5. The maximum absolute atomic E-state index is 13.5. The van der Waals surface area contributed by atoms with Crippen molar-refractivity contribution in [3.63, 3.8) is 0 Å². The first-order valence-corrected chi connectivity index (χ1v) is 12.1. The molecule has 2 atom stereocenters. The number of sulfone groups is 1. The SMILES string of the molecule is CC(C)Oc1ccc(Cl)cc1CC1CN2C(=O)CC2(S(=O)(=O)c2ccc(Cl)cc2)C1=O. The number of amides is 1. The van der Waals surface area contributed by atoms with Gasteiger partial charge in [-0.15, -0.1) is 0 Å². The molecule has 0 spiro atoms. The Morgan fingerprint density at radius 2 is 1.74 bits per heavy atom. The summed E-state index contributed by atoms with van der Waals surface area (Å²) in [6.07, 6.45) is -0.210. The van der Waals surface area contributed by atoms with E-state index in [1.807, 2.05) is 13.8 Å². The Morgan fingerprint density at radius 1 is 1.10 bits per heavy atom. The van der Waals surface area contributed by atoms with Crippen LogP contribution in [0.15, 0.2) is 47.4 Å². The number of rotatable bonds is 6. The summed E-state index contributed by atoms with van der Waals surface area (Å²) < 4.78 is 32.7. The molecule has 2 heterocycles. The lowest BCUT2D eigenvalue weighted by Gasteiger charge is -2.44. The topological polar surface area (TPSA) is 80.8 Å². The van der Waals surface area contributed by atoms with E-state index in [1.165, 1.54) is 29.2 Å². The molecule has 2 aliphatic rings. The number of carbonyl (C=O) groups excluding carboxylic acids is 2. The van der Waals surface area contributed by atoms with Crippen LogP contribution in [0, 0.1) is 5.92 Å². The van der Waals surface area contributed by atoms with E-state index in [1.54, 1.807) is 18.2 Å². The molecule has 0 radical (unpaired) electrons. The second-order valence-electron chi connectivity index (χ2n) is 8.11. The van der Waals surface area contributed by atoms with Gasteiger partial charge in [0.1, 0.15) is 5.75 Å². The van der Waals surface area contributed by atoms with E-state index in [0.29, 0.717) is 21.4 Å². The summed E-state index contributed by atoms with van der Waals surface area (Å²) in [5.41, 5.74) is 0.702. The van der Waals surface area contributed by atoms with Crippen LogP contribution in [0.1, 0.15) is 25.8 Å². The van der Waals surface area contributed by atoms with Crippen LogP contribution in [0.3, 0.4) is 0 Å². The summed E-state index contributed by atoms with van der Waals surface area (Å²) in [6.45, 7) is 3.81. The molecule has 1 amide bonds. The van der Waals surface area contributed by atoms with Crippen molar-refractivity contribution >= 4 is 44.7 Å². The van der Waals surface area contributed by atoms with Gasteiger partial charge < -0.3 is 9.64 Å². The van der Waals surface area contributed by atoms with Gasteiger partial charge in [0.2, 0.25) is 20.6 Å². The number of ether oxygens (including phenoxy) is 1. The highest BCUT2D eigenvalue weighted by Crippen LogP contribution is 2.49. The van der Waals surface area contributed by atoms with Crippen LogP contribution in [0.25, 0.3) is 0 Å². The van der Waals surface area contributed by atoms with Crippen molar-refractivity contribution in [3.8, 4) is 5.75 Å². The van der Waals surface area contributed by atoms with E-state index < -0.39 is 26.4 Å². The number of carbonyl (C=O) groups is 2. The van der Waals surface area contributed by atoms with E-state index in [4.69, 9.17) is 27.9 Å². The van der Waals surface area contributed by atoms with Gasteiger partial charge in [0.15, 0.2) is 5.78 Å². The zero-order chi connectivity index (χ0) is 22.6. The minimum atomic E-state index is -4.12. The predicted octanol–water partition coefficient (Wildman–Crippen LogP) is 3.92. The third-order valence-corrected chi connectivity index (χ3v) is 8.54. The van der Waals surface area contributed by atoms with Gasteiger partial charge in [-0.1, -0.05) is 23.2 Å². The molecular weight excluding hydrogens is 461 g/mol. The Labute approximate surface area is 191 Å². The van der Waals surface area contributed by atoms with Crippen molar-refractivity contribution in [3.05, 3.63) is 58.1 Å². The Balaban J connectivity index is 1.69.